The molecule has 1 aromatic heterocycles. The minimum atomic E-state index is -0.513. The molecule has 1 heterocycles. The van der Waals surface area contributed by atoms with Crippen LogP contribution in [0.2, 0.25) is 0 Å². The highest BCUT2D eigenvalue weighted by Crippen LogP contribution is 2.13. The number of primary amides is 1. The molecule has 0 aliphatic carbocycles. The summed E-state index contributed by atoms with van der Waals surface area (Å²) in [7, 11) is 0. The molecule has 0 saturated carbocycles. The molecule has 0 aliphatic rings. The van der Waals surface area contributed by atoms with Gasteiger partial charge in [-0.05, 0) is 0 Å². The van der Waals surface area contributed by atoms with Crippen molar-refractivity contribution in [2.45, 2.75) is 6.42 Å². The van der Waals surface area contributed by atoms with Crippen molar-refractivity contribution in [2.75, 3.05) is 11.9 Å². The van der Waals surface area contributed by atoms with E-state index in [9.17, 15) is 14.9 Å². The number of hydrogen-bond donors (Lipinski definition) is 2. The molecule has 0 aliphatic heterocycles. The first-order chi connectivity index (χ1) is 7.09. The van der Waals surface area contributed by atoms with Crippen LogP contribution in [0.5, 0.6) is 0 Å². The van der Waals surface area contributed by atoms with E-state index in [2.05, 4.69) is 10.3 Å². The van der Waals surface area contributed by atoms with Gasteiger partial charge in [-0.25, -0.2) is 4.98 Å². The Morgan fingerprint density at radius 2 is 2.40 bits per heavy atom. The highest BCUT2D eigenvalue weighted by atomic mass is 16.6. The molecular formula is C8H10N4O3. The molecule has 15 heavy (non-hydrogen) atoms. The smallest absolute Gasteiger partial charge is 0.274 e. The first-order valence-corrected chi connectivity index (χ1v) is 4.22. The Morgan fingerprint density at radius 1 is 1.67 bits per heavy atom. The van der Waals surface area contributed by atoms with Gasteiger partial charge in [-0.3, -0.25) is 14.9 Å². The van der Waals surface area contributed by atoms with Crippen molar-refractivity contribution in [2.24, 2.45) is 5.73 Å². The second-order valence-corrected chi connectivity index (χ2v) is 2.80. The van der Waals surface area contributed by atoms with Crippen molar-refractivity contribution >= 4 is 17.4 Å². The fourth-order valence-electron chi connectivity index (χ4n) is 0.943. The quantitative estimate of drug-likeness (QED) is 0.535. The zero-order chi connectivity index (χ0) is 11.3. The number of aromatic nitrogens is 1. The maximum absolute atomic E-state index is 10.4. The molecule has 7 heteroatoms. The van der Waals surface area contributed by atoms with Crippen molar-refractivity contribution in [1.82, 2.24) is 4.98 Å². The Labute approximate surface area is 85.5 Å². The number of amides is 1. The Balaban J connectivity index is 2.58. The zero-order valence-electron chi connectivity index (χ0n) is 7.84. The molecule has 0 atom stereocenters. The monoisotopic (exact) mass is 210 g/mol. The summed E-state index contributed by atoms with van der Waals surface area (Å²) in [5.41, 5.74) is 4.88. The van der Waals surface area contributed by atoms with Gasteiger partial charge in [0.05, 0.1) is 11.0 Å². The third kappa shape index (κ3) is 3.59. The highest BCUT2D eigenvalue weighted by Gasteiger charge is 2.06. The summed E-state index contributed by atoms with van der Waals surface area (Å²) in [5, 5.41) is 13.2. The van der Waals surface area contributed by atoms with Gasteiger partial charge in [0.1, 0.15) is 5.82 Å². The van der Waals surface area contributed by atoms with E-state index in [0.717, 1.165) is 0 Å². The van der Waals surface area contributed by atoms with E-state index >= 15 is 0 Å². The van der Waals surface area contributed by atoms with Crippen LogP contribution in [0.1, 0.15) is 6.42 Å². The van der Waals surface area contributed by atoms with Crippen molar-refractivity contribution in [3.63, 3.8) is 0 Å². The second kappa shape index (κ2) is 4.89. The van der Waals surface area contributed by atoms with Gasteiger partial charge in [0.25, 0.3) is 5.69 Å². The lowest BCUT2D eigenvalue weighted by atomic mass is 10.3. The summed E-state index contributed by atoms with van der Waals surface area (Å²) in [6.07, 6.45) is 1.48. The van der Waals surface area contributed by atoms with E-state index in [1.54, 1.807) is 0 Å². The largest absolute Gasteiger partial charge is 0.370 e. The molecule has 0 saturated heterocycles. The molecule has 0 spiro atoms. The van der Waals surface area contributed by atoms with Crippen LogP contribution in [-0.2, 0) is 4.79 Å². The summed E-state index contributed by atoms with van der Waals surface area (Å²) >= 11 is 0. The third-order valence-electron chi connectivity index (χ3n) is 1.63. The van der Waals surface area contributed by atoms with Crippen LogP contribution in [0, 0.1) is 10.1 Å². The lowest BCUT2D eigenvalue weighted by Gasteiger charge is -2.02. The minimum Gasteiger partial charge on any atom is -0.370 e. The van der Waals surface area contributed by atoms with Gasteiger partial charge in [-0.2, -0.15) is 0 Å². The third-order valence-corrected chi connectivity index (χ3v) is 1.63. The summed E-state index contributed by atoms with van der Waals surface area (Å²) < 4.78 is 0. The van der Waals surface area contributed by atoms with Crippen LogP contribution in [-0.4, -0.2) is 22.4 Å². The van der Waals surface area contributed by atoms with Crippen LogP contribution in [0.4, 0.5) is 11.5 Å². The predicted octanol–water partition coefficient (Wildman–Crippen LogP) is 0.277. The molecule has 80 valence electrons. The number of hydrogen-bond acceptors (Lipinski definition) is 5. The molecule has 0 bridgehead atoms. The Bertz CT molecular complexity index is 380. The Hall–Kier alpha value is -2.18. The Morgan fingerprint density at radius 3 is 3.00 bits per heavy atom. The van der Waals surface area contributed by atoms with Gasteiger partial charge in [-0.15, -0.1) is 0 Å². The lowest BCUT2D eigenvalue weighted by Crippen LogP contribution is -2.16. The molecule has 3 N–H and O–H groups in total. The number of anilines is 1. The van der Waals surface area contributed by atoms with E-state index in [4.69, 9.17) is 5.73 Å². The normalized spacial score (nSPS) is 9.60. The van der Waals surface area contributed by atoms with Crippen LogP contribution in [0.3, 0.4) is 0 Å². The highest BCUT2D eigenvalue weighted by molar-refractivity contribution is 5.74. The summed E-state index contributed by atoms with van der Waals surface area (Å²) in [6.45, 7) is 0.309. The van der Waals surface area contributed by atoms with Gasteiger partial charge in [-0.1, -0.05) is 0 Å². The van der Waals surface area contributed by atoms with E-state index in [1.807, 2.05) is 0 Å². The number of nitrogens with one attached hydrogen (secondary N) is 1. The van der Waals surface area contributed by atoms with Crippen molar-refractivity contribution < 1.29 is 9.72 Å². The Kier molecular flexibility index (Phi) is 3.55. The molecular weight excluding hydrogens is 200 g/mol. The average Bonchev–Trinajstić information content (AvgIpc) is 2.17. The van der Waals surface area contributed by atoms with Gasteiger partial charge < -0.3 is 11.1 Å². The van der Waals surface area contributed by atoms with Gasteiger partial charge in [0, 0.05) is 25.2 Å². The van der Waals surface area contributed by atoms with Gasteiger partial charge >= 0.3 is 0 Å². The van der Waals surface area contributed by atoms with E-state index in [-0.39, 0.29) is 12.1 Å². The molecule has 0 unspecified atom stereocenters. The van der Waals surface area contributed by atoms with E-state index in [1.165, 1.54) is 18.3 Å². The average molecular weight is 210 g/mol. The van der Waals surface area contributed by atoms with Gasteiger partial charge in [0.15, 0.2) is 0 Å². The molecule has 0 aromatic carbocycles. The molecule has 0 fully saturated rings. The first-order valence-electron chi connectivity index (χ1n) is 4.22. The van der Waals surface area contributed by atoms with Crippen LogP contribution in [0.25, 0.3) is 0 Å². The van der Waals surface area contributed by atoms with Crippen LogP contribution < -0.4 is 11.1 Å². The first kappa shape index (κ1) is 10.9. The summed E-state index contributed by atoms with van der Waals surface area (Å²) in [6, 6.07) is 2.58. The topological polar surface area (TPSA) is 111 Å². The maximum Gasteiger partial charge on any atom is 0.274 e. The number of pyridine rings is 1. The van der Waals surface area contributed by atoms with Crippen molar-refractivity contribution in [3.8, 4) is 0 Å². The standard InChI is InChI=1S/C8H10N4O3/c9-7(13)2-4-11-8-5-6(12(14)15)1-3-10-8/h1,3,5H,2,4H2,(H2,9,13)(H,10,11). The van der Waals surface area contributed by atoms with E-state index in [0.29, 0.717) is 12.4 Å². The SMILES string of the molecule is NC(=O)CCNc1cc([N+](=O)[O-])ccn1. The number of nitro groups is 1. The minimum absolute atomic E-state index is 0.0495. The van der Waals surface area contributed by atoms with Gasteiger partial charge in [0.2, 0.25) is 5.91 Å². The molecule has 1 rings (SSSR count). The predicted molar refractivity (Wildman–Crippen MR) is 53.2 cm³/mol. The van der Waals surface area contributed by atoms with E-state index < -0.39 is 10.8 Å². The lowest BCUT2D eigenvalue weighted by molar-refractivity contribution is -0.384. The fourth-order valence-corrected chi connectivity index (χ4v) is 0.943. The number of carbonyl (C=O) groups excluding carboxylic acids is 1. The number of rotatable bonds is 5. The molecule has 7 nitrogen and oxygen atoms in total. The summed E-state index contributed by atoms with van der Waals surface area (Å²) in [4.78, 5) is 24.2. The van der Waals surface area contributed by atoms with Crippen molar-refractivity contribution in [1.29, 1.82) is 0 Å². The number of carbonyl (C=O) groups is 1. The second-order valence-electron chi connectivity index (χ2n) is 2.80. The maximum atomic E-state index is 10.4. The molecule has 1 amide bonds. The number of nitrogens with zero attached hydrogens (tertiary/aromatic N) is 2. The molecule has 1 aromatic rings. The zero-order valence-corrected chi connectivity index (χ0v) is 7.84. The van der Waals surface area contributed by atoms with Crippen molar-refractivity contribution in [3.05, 3.63) is 28.4 Å². The van der Waals surface area contributed by atoms with Crippen LogP contribution >= 0.6 is 0 Å². The number of nitrogens with two attached hydrogens (primary N) is 1. The fraction of sp³-hybridized carbons (Fsp3) is 0.250. The summed E-state index contributed by atoms with van der Waals surface area (Å²) in [5.74, 6) is -0.0848. The van der Waals surface area contributed by atoms with Crippen LogP contribution in [0.15, 0.2) is 18.3 Å². The molecule has 0 radical (unpaired) electrons.